The molecule has 0 bridgehead atoms. The Morgan fingerprint density at radius 2 is 2.14 bits per heavy atom. The molecule has 2 rings (SSSR count). The summed E-state index contributed by atoms with van der Waals surface area (Å²) in [4.78, 5) is 19.4. The molecule has 118 valence electrons. The maximum Gasteiger partial charge on any atom is 0.268 e. The first-order valence-corrected chi connectivity index (χ1v) is 6.93. The highest BCUT2D eigenvalue weighted by molar-refractivity contribution is 7.09. The van der Waals surface area contributed by atoms with E-state index in [0.29, 0.717) is 12.2 Å². The molecule has 0 atom stereocenters. The second-order valence-electron chi connectivity index (χ2n) is 5.10. The zero-order chi connectivity index (χ0) is 14.0. The van der Waals surface area contributed by atoms with Gasteiger partial charge in [0.2, 0.25) is 0 Å². The van der Waals surface area contributed by atoms with E-state index in [4.69, 9.17) is 5.73 Å². The van der Waals surface area contributed by atoms with Crippen molar-refractivity contribution in [2.45, 2.75) is 26.3 Å². The van der Waals surface area contributed by atoms with Crippen LogP contribution in [-0.4, -0.2) is 28.0 Å². The number of nitrogens with one attached hydrogen (secondary N) is 2. The summed E-state index contributed by atoms with van der Waals surface area (Å²) < 4.78 is 0. The van der Waals surface area contributed by atoms with Crippen molar-refractivity contribution < 1.29 is 4.79 Å². The van der Waals surface area contributed by atoms with E-state index in [1.807, 2.05) is 26.2 Å². The van der Waals surface area contributed by atoms with Gasteiger partial charge < -0.3 is 16.0 Å². The Labute approximate surface area is 140 Å². The van der Waals surface area contributed by atoms with Crippen molar-refractivity contribution in [3.8, 4) is 11.3 Å². The second-order valence-corrected chi connectivity index (χ2v) is 6.16. The van der Waals surface area contributed by atoms with E-state index in [0.717, 1.165) is 16.3 Å². The van der Waals surface area contributed by atoms with E-state index in [1.54, 1.807) is 23.6 Å². The standard InChI is InChI=1S/C13H18N4OS.2ClH/c1-8-16-11(6-19-8)9-4-10(15-5-9)12(18)17-13(2,3)7-14;;/h4-6,15H,7,14H2,1-3H3,(H,17,18);2*1H. The van der Waals surface area contributed by atoms with Crippen molar-refractivity contribution in [2.24, 2.45) is 5.73 Å². The fourth-order valence-corrected chi connectivity index (χ4v) is 2.22. The van der Waals surface area contributed by atoms with Gasteiger partial charge >= 0.3 is 0 Å². The van der Waals surface area contributed by atoms with Gasteiger partial charge in [0.25, 0.3) is 5.91 Å². The summed E-state index contributed by atoms with van der Waals surface area (Å²) in [7, 11) is 0. The normalized spacial score (nSPS) is 10.5. The van der Waals surface area contributed by atoms with Crippen molar-refractivity contribution in [2.75, 3.05) is 6.54 Å². The fraction of sp³-hybridized carbons (Fsp3) is 0.385. The third-order valence-corrected chi connectivity index (χ3v) is 3.58. The SMILES string of the molecule is Cc1nc(-c2c[nH]c(C(=O)NC(C)(C)CN)c2)cs1.Cl.Cl. The average molecular weight is 351 g/mol. The zero-order valence-electron chi connectivity index (χ0n) is 12.1. The minimum absolute atomic E-state index is 0. The monoisotopic (exact) mass is 350 g/mol. The molecule has 2 aromatic heterocycles. The van der Waals surface area contributed by atoms with Crippen LogP contribution in [0.3, 0.4) is 0 Å². The molecule has 0 unspecified atom stereocenters. The average Bonchev–Trinajstić information content (AvgIpc) is 2.96. The lowest BCUT2D eigenvalue weighted by molar-refractivity contribution is 0.0911. The molecule has 21 heavy (non-hydrogen) atoms. The minimum Gasteiger partial charge on any atom is -0.357 e. The number of aromatic amines is 1. The molecule has 0 spiro atoms. The van der Waals surface area contributed by atoms with Crippen LogP contribution >= 0.6 is 36.2 Å². The largest absolute Gasteiger partial charge is 0.357 e. The van der Waals surface area contributed by atoms with Crippen molar-refractivity contribution in [1.82, 2.24) is 15.3 Å². The number of carbonyl (C=O) groups is 1. The van der Waals surface area contributed by atoms with Crippen LogP contribution in [0.4, 0.5) is 0 Å². The molecule has 0 aliphatic rings. The van der Waals surface area contributed by atoms with Crippen LogP contribution in [0.15, 0.2) is 17.6 Å². The maximum atomic E-state index is 12.1. The van der Waals surface area contributed by atoms with Gasteiger partial charge in [0.15, 0.2) is 0 Å². The third-order valence-electron chi connectivity index (χ3n) is 2.80. The van der Waals surface area contributed by atoms with Crippen molar-refractivity contribution in [3.05, 3.63) is 28.3 Å². The predicted octanol–water partition coefficient (Wildman–Crippen LogP) is 2.76. The number of hydrogen-bond donors (Lipinski definition) is 3. The number of thiazole rings is 1. The van der Waals surface area contributed by atoms with Crippen LogP contribution in [0.5, 0.6) is 0 Å². The van der Waals surface area contributed by atoms with E-state index in [1.165, 1.54) is 0 Å². The van der Waals surface area contributed by atoms with Crippen LogP contribution in [0.1, 0.15) is 29.3 Å². The van der Waals surface area contributed by atoms with E-state index < -0.39 is 5.54 Å². The summed E-state index contributed by atoms with van der Waals surface area (Å²) in [6.45, 7) is 6.12. The number of amides is 1. The Morgan fingerprint density at radius 3 is 2.67 bits per heavy atom. The number of halogens is 2. The van der Waals surface area contributed by atoms with Gasteiger partial charge in [0.05, 0.1) is 10.7 Å². The minimum atomic E-state index is -0.417. The van der Waals surface area contributed by atoms with Crippen LogP contribution in [-0.2, 0) is 0 Å². The molecule has 0 saturated carbocycles. The second kappa shape index (κ2) is 7.79. The van der Waals surface area contributed by atoms with Gasteiger partial charge in [-0.25, -0.2) is 4.98 Å². The summed E-state index contributed by atoms with van der Waals surface area (Å²) in [5.41, 5.74) is 7.50. The molecule has 5 nitrogen and oxygen atoms in total. The summed E-state index contributed by atoms with van der Waals surface area (Å²) in [6.07, 6.45) is 1.79. The van der Waals surface area contributed by atoms with Gasteiger partial charge in [-0.3, -0.25) is 4.79 Å². The first kappa shape index (κ1) is 19.9. The highest BCUT2D eigenvalue weighted by atomic mass is 35.5. The van der Waals surface area contributed by atoms with Crippen LogP contribution < -0.4 is 11.1 Å². The molecule has 0 aromatic carbocycles. The van der Waals surface area contributed by atoms with Gasteiger partial charge in [-0.2, -0.15) is 0 Å². The lowest BCUT2D eigenvalue weighted by Crippen LogP contribution is -2.48. The summed E-state index contributed by atoms with van der Waals surface area (Å²) >= 11 is 1.59. The van der Waals surface area contributed by atoms with Gasteiger partial charge in [0, 0.05) is 29.2 Å². The number of aryl methyl sites for hydroxylation is 1. The van der Waals surface area contributed by atoms with Crippen molar-refractivity contribution >= 4 is 42.1 Å². The van der Waals surface area contributed by atoms with Gasteiger partial charge in [0.1, 0.15) is 5.69 Å². The maximum absolute atomic E-state index is 12.1. The molecule has 4 N–H and O–H groups in total. The topological polar surface area (TPSA) is 83.8 Å². The Morgan fingerprint density at radius 1 is 1.48 bits per heavy atom. The first-order chi connectivity index (χ1) is 8.91. The molecule has 0 aliphatic carbocycles. The Bertz CT molecular complexity index is 595. The highest BCUT2D eigenvalue weighted by Crippen LogP contribution is 2.22. The molecule has 2 aromatic rings. The lowest BCUT2D eigenvalue weighted by atomic mass is 10.1. The molecular weight excluding hydrogens is 331 g/mol. The van der Waals surface area contributed by atoms with Gasteiger partial charge in [-0.05, 0) is 26.8 Å². The Balaban J connectivity index is 0.00000200. The zero-order valence-corrected chi connectivity index (χ0v) is 14.5. The van der Waals surface area contributed by atoms with Gasteiger partial charge in [-0.1, -0.05) is 0 Å². The number of rotatable bonds is 4. The van der Waals surface area contributed by atoms with Gasteiger partial charge in [-0.15, -0.1) is 36.2 Å². The summed E-state index contributed by atoms with van der Waals surface area (Å²) in [5, 5.41) is 5.86. The molecule has 0 radical (unpaired) electrons. The molecule has 2 heterocycles. The Hall–Kier alpha value is -1.08. The number of carbonyl (C=O) groups excluding carboxylic acids is 1. The predicted molar refractivity (Wildman–Crippen MR) is 91.7 cm³/mol. The molecular formula is C13H20Cl2N4OS. The number of hydrogen-bond acceptors (Lipinski definition) is 4. The molecule has 1 amide bonds. The molecule has 0 fully saturated rings. The Kier molecular flexibility index (Phi) is 7.39. The number of H-pyrrole nitrogens is 1. The van der Waals surface area contributed by atoms with E-state index in [-0.39, 0.29) is 30.7 Å². The fourth-order valence-electron chi connectivity index (χ4n) is 1.60. The molecule has 0 saturated heterocycles. The molecule has 8 heteroatoms. The number of nitrogens with zero attached hydrogens (tertiary/aromatic N) is 1. The smallest absolute Gasteiger partial charge is 0.268 e. The third kappa shape index (κ3) is 5.00. The van der Waals surface area contributed by atoms with Crippen molar-refractivity contribution in [1.29, 1.82) is 0 Å². The van der Waals surface area contributed by atoms with E-state index in [9.17, 15) is 4.79 Å². The molecule has 0 aliphatic heterocycles. The van der Waals surface area contributed by atoms with Crippen molar-refractivity contribution in [3.63, 3.8) is 0 Å². The van der Waals surface area contributed by atoms with Crippen LogP contribution in [0.25, 0.3) is 11.3 Å². The number of aromatic nitrogens is 2. The van der Waals surface area contributed by atoms with Crippen LogP contribution in [0.2, 0.25) is 0 Å². The van der Waals surface area contributed by atoms with Crippen LogP contribution in [0, 0.1) is 6.92 Å². The quantitative estimate of drug-likeness (QED) is 0.792. The summed E-state index contributed by atoms with van der Waals surface area (Å²) in [5.74, 6) is -0.159. The summed E-state index contributed by atoms with van der Waals surface area (Å²) in [6, 6.07) is 1.80. The number of nitrogens with two attached hydrogens (primary N) is 1. The lowest BCUT2D eigenvalue weighted by Gasteiger charge is -2.23. The first-order valence-electron chi connectivity index (χ1n) is 6.05. The van der Waals surface area contributed by atoms with E-state index >= 15 is 0 Å². The highest BCUT2D eigenvalue weighted by Gasteiger charge is 2.20. The van der Waals surface area contributed by atoms with E-state index in [2.05, 4.69) is 15.3 Å².